The van der Waals surface area contributed by atoms with Gasteiger partial charge in [-0.3, -0.25) is 4.79 Å². The van der Waals surface area contributed by atoms with Crippen molar-refractivity contribution < 1.29 is 14.3 Å². The van der Waals surface area contributed by atoms with E-state index in [9.17, 15) is 4.79 Å². The van der Waals surface area contributed by atoms with Crippen molar-refractivity contribution in [3.63, 3.8) is 0 Å². The van der Waals surface area contributed by atoms with Gasteiger partial charge in [-0.1, -0.05) is 23.1 Å². The molecule has 0 saturated heterocycles. The molecule has 0 radical (unpaired) electrons. The fraction of sp³-hybridized carbons (Fsp3) is 0.357. The molecule has 0 spiro atoms. The summed E-state index contributed by atoms with van der Waals surface area (Å²) in [5.41, 5.74) is 6.15. The molecule has 1 aromatic carbocycles. The third-order valence-corrected chi connectivity index (χ3v) is 4.46. The number of amides is 1. The van der Waals surface area contributed by atoms with E-state index in [2.05, 4.69) is 15.5 Å². The number of nitrogens with zero attached hydrogens (tertiary/aromatic N) is 2. The average Bonchev–Trinajstić information content (AvgIpc) is 2.94. The summed E-state index contributed by atoms with van der Waals surface area (Å²) in [7, 11) is 0. The highest BCUT2D eigenvalue weighted by atomic mass is 32.2. The van der Waals surface area contributed by atoms with Crippen LogP contribution in [0.4, 0.5) is 10.8 Å². The van der Waals surface area contributed by atoms with Crippen LogP contribution in [0.3, 0.4) is 0 Å². The number of hydrogen-bond donors (Lipinski definition) is 2. The molecule has 1 amide bonds. The van der Waals surface area contributed by atoms with Crippen LogP contribution in [-0.4, -0.2) is 35.1 Å². The van der Waals surface area contributed by atoms with Crippen LogP contribution >= 0.6 is 23.1 Å². The predicted molar refractivity (Wildman–Crippen MR) is 92.5 cm³/mol. The fourth-order valence-electron chi connectivity index (χ4n) is 1.73. The molecule has 1 heterocycles. The molecule has 0 aliphatic carbocycles. The Hall–Kier alpha value is -2.00. The van der Waals surface area contributed by atoms with Crippen molar-refractivity contribution in [3.05, 3.63) is 18.2 Å². The summed E-state index contributed by atoms with van der Waals surface area (Å²) >= 11 is 2.55. The monoisotopic (exact) mass is 354 g/mol. The molecule has 0 aliphatic rings. The van der Waals surface area contributed by atoms with Crippen LogP contribution in [0.1, 0.15) is 13.8 Å². The largest absolute Gasteiger partial charge is 0.490 e. The van der Waals surface area contributed by atoms with Gasteiger partial charge < -0.3 is 20.5 Å². The lowest BCUT2D eigenvalue weighted by molar-refractivity contribution is -0.113. The summed E-state index contributed by atoms with van der Waals surface area (Å²) in [5, 5.41) is 10.8. The molecular formula is C14H18N4O3S2. The van der Waals surface area contributed by atoms with Gasteiger partial charge >= 0.3 is 0 Å². The number of hydrogen-bond acceptors (Lipinski definition) is 8. The predicted octanol–water partition coefficient (Wildman–Crippen LogP) is 2.65. The van der Waals surface area contributed by atoms with E-state index in [0.29, 0.717) is 39.9 Å². The van der Waals surface area contributed by atoms with Crippen LogP contribution in [-0.2, 0) is 4.79 Å². The number of rotatable bonds is 8. The molecular weight excluding hydrogens is 336 g/mol. The first kappa shape index (κ1) is 17.4. The van der Waals surface area contributed by atoms with Crippen molar-refractivity contribution in [2.24, 2.45) is 0 Å². The van der Waals surface area contributed by atoms with E-state index < -0.39 is 0 Å². The number of carbonyl (C=O) groups excluding carboxylic acids is 1. The van der Waals surface area contributed by atoms with Crippen LogP contribution < -0.4 is 20.5 Å². The Bertz CT molecular complexity index is 663. The van der Waals surface area contributed by atoms with Gasteiger partial charge in [-0.05, 0) is 26.0 Å². The molecule has 0 saturated carbocycles. The van der Waals surface area contributed by atoms with Gasteiger partial charge in [0.25, 0.3) is 0 Å². The molecule has 7 nitrogen and oxygen atoms in total. The van der Waals surface area contributed by atoms with E-state index in [0.717, 1.165) is 0 Å². The van der Waals surface area contributed by atoms with Crippen LogP contribution in [0.15, 0.2) is 22.5 Å². The number of ether oxygens (including phenoxy) is 2. The van der Waals surface area contributed by atoms with Crippen molar-refractivity contribution in [3.8, 4) is 11.5 Å². The summed E-state index contributed by atoms with van der Waals surface area (Å²) in [6.07, 6.45) is 0. The smallest absolute Gasteiger partial charge is 0.234 e. The molecule has 9 heteroatoms. The number of nitrogens with two attached hydrogens (primary N) is 1. The van der Waals surface area contributed by atoms with Gasteiger partial charge in [-0.15, -0.1) is 10.2 Å². The van der Waals surface area contributed by atoms with Gasteiger partial charge in [-0.25, -0.2) is 0 Å². The number of benzene rings is 1. The Morgan fingerprint density at radius 1 is 1.26 bits per heavy atom. The quantitative estimate of drug-likeness (QED) is 0.703. The van der Waals surface area contributed by atoms with E-state index in [1.165, 1.54) is 23.1 Å². The Morgan fingerprint density at radius 2 is 2.00 bits per heavy atom. The van der Waals surface area contributed by atoms with E-state index in [-0.39, 0.29) is 11.7 Å². The van der Waals surface area contributed by atoms with Crippen LogP contribution in [0.2, 0.25) is 0 Å². The minimum absolute atomic E-state index is 0.143. The zero-order chi connectivity index (χ0) is 16.7. The second-order valence-electron chi connectivity index (χ2n) is 4.27. The number of carbonyl (C=O) groups is 1. The van der Waals surface area contributed by atoms with Gasteiger partial charge in [0.2, 0.25) is 11.0 Å². The molecule has 3 N–H and O–H groups in total. The second-order valence-corrected chi connectivity index (χ2v) is 6.50. The molecule has 0 unspecified atom stereocenters. The highest BCUT2D eigenvalue weighted by molar-refractivity contribution is 8.01. The normalized spacial score (nSPS) is 10.3. The lowest BCUT2D eigenvalue weighted by Gasteiger charge is -2.12. The second kappa shape index (κ2) is 8.59. The fourth-order valence-corrected chi connectivity index (χ4v) is 3.17. The highest BCUT2D eigenvalue weighted by Crippen LogP contribution is 2.31. The van der Waals surface area contributed by atoms with E-state index in [1.807, 2.05) is 13.8 Å². The Balaban J connectivity index is 1.95. The standard InChI is InChI=1S/C14H18N4O3S2/c1-3-20-10-6-5-9(7-11(10)21-4-2)16-12(19)8-22-14-18-17-13(15)23-14/h5-7H,3-4,8H2,1-2H3,(H2,15,17)(H,16,19). The summed E-state index contributed by atoms with van der Waals surface area (Å²) in [5.74, 6) is 1.35. The van der Waals surface area contributed by atoms with E-state index >= 15 is 0 Å². The maximum atomic E-state index is 12.0. The molecule has 0 fully saturated rings. The molecule has 0 aliphatic heterocycles. The van der Waals surface area contributed by atoms with Crippen LogP contribution in [0, 0.1) is 0 Å². The maximum Gasteiger partial charge on any atom is 0.234 e. The van der Waals surface area contributed by atoms with Crippen LogP contribution in [0.25, 0.3) is 0 Å². The van der Waals surface area contributed by atoms with Gasteiger partial charge in [0.15, 0.2) is 15.8 Å². The maximum absolute atomic E-state index is 12.0. The summed E-state index contributed by atoms with van der Waals surface area (Å²) < 4.78 is 11.7. The van der Waals surface area contributed by atoms with Crippen molar-refractivity contribution in [1.29, 1.82) is 0 Å². The SMILES string of the molecule is CCOc1ccc(NC(=O)CSc2nnc(N)s2)cc1OCC. The third-order valence-electron chi connectivity index (χ3n) is 2.58. The minimum atomic E-state index is -0.143. The molecule has 0 bridgehead atoms. The summed E-state index contributed by atoms with van der Waals surface area (Å²) in [4.78, 5) is 12.0. The molecule has 2 aromatic rings. The Morgan fingerprint density at radius 3 is 2.65 bits per heavy atom. The molecule has 2 rings (SSSR count). The molecule has 0 atom stereocenters. The van der Waals surface area contributed by atoms with Crippen molar-refractivity contribution in [2.45, 2.75) is 18.2 Å². The van der Waals surface area contributed by atoms with E-state index in [4.69, 9.17) is 15.2 Å². The molecule has 23 heavy (non-hydrogen) atoms. The zero-order valence-electron chi connectivity index (χ0n) is 12.9. The Kier molecular flexibility index (Phi) is 6.48. The lowest BCUT2D eigenvalue weighted by Crippen LogP contribution is -2.14. The number of thioether (sulfide) groups is 1. The highest BCUT2D eigenvalue weighted by Gasteiger charge is 2.10. The lowest BCUT2D eigenvalue weighted by atomic mass is 10.2. The summed E-state index contributed by atoms with van der Waals surface area (Å²) in [6.45, 7) is 4.87. The molecule has 1 aromatic heterocycles. The number of nitrogen functional groups attached to an aromatic ring is 1. The van der Waals surface area contributed by atoms with Crippen molar-refractivity contribution in [1.82, 2.24) is 10.2 Å². The van der Waals surface area contributed by atoms with E-state index in [1.54, 1.807) is 18.2 Å². The number of aromatic nitrogens is 2. The average molecular weight is 354 g/mol. The first-order valence-electron chi connectivity index (χ1n) is 7.03. The van der Waals surface area contributed by atoms with Gasteiger partial charge in [0.1, 0.15) is 0 Å². The van der Waals surface area contributed by atoms with Crippen molar-refractivity contribution in [2.75, 3.05) is 30.0 Å². The first-order valence-corrected chi connectivity index (χ1v) is 8.83. The Labute approximate surface area is 142 Å². The topological polar surface area (TPSA) is 99.4 Å². The molecule has 124 valence electrons. The van der Waals surface area contributed by atoms with Gasteiger partial charge in [0, 0.05) is 11.8 Å². The number of anilines is 2. The van der Waals surface area contributed by atoms with Crippen LogP contribution in [0.5, 0.6) is 11.5 Å². The third kappa shape index (κ3) is 5.29. The van der Waals surface area contributed by atoms with Gasteiger partial charge in [0.05, 0.1) is 19.0 Å². The minimum Gasteiger partial charge on any atom is -0.490 e. The zero-order valence-corrected chi connectivity index (χ0v) is 14.5. The number of nitrogens with one attached hydrogen (secondary N) is 1. The first-order chi connectivity index (χ1) is 11.1. The summed E-state index contributed by atoms with van der Waals surface area (Å²) in [6, 6.07) is 5.31. The van der Waals surface area contributed by atoms with Crippen molar-refractivity contribution >= 4 is 39.8 Å². The van der Waals surface area contributed by atoms with Gasteiger partial charge in [-0.2, -0.15) is 0 Å².